The van der Waals surface area contributed by atoms with Crippen LogP contribution in [0.3, 0.4) is 0 Å². The third-order valence-electron chi connectivity index (χ3n) is 2.00. The number of fused-ring (bicyclic) bond motifs is 1. The number of methoxy groups -OCH3 is 1. The zero-order valence-corrected chi connectivity index (χ0v) is 10.1. The topological polar surface area (TPSA) is 98.5 Å². The minimum atomic E-state index is -3.27. The van der Waals surface area contributed by atoms with E-state index in [2.05, 4.69) is 20.0 Å². The minimum Gasteiger partial charge on any atom is -0.480 e. The average Bonchev–Trinajstić information content (AvgIpc) is 2.67. The Morgan fingerprint density at radius 2 is 2.18 bits per heavy atom. The van der Waals surface area contributed by atoms with Gasteiger partial charge in [0.1, 0.15) is 0 Å². The molecule has 1 N–H and O–H groups in total. The molecule has 17 heavy (non-hydrogen) atoms. The predicted molar refractivity (Wildman–Crippen MR) is 59.0 cm³/mol. The maximum atomic E-state index is 11.0. The van der Waals surface area contributed by atoms with Crippen molar-refractivity contribution < 1.29 is 13.2 Å². The van der Waals surface area contributed by atoms with Crippen molar-refractivity contribution in [2.75, 3.05) is 13.4 Å². The van der Waals surface area contributed by atoms with Gasteiger partial charge in [0.05, 0.1) is 19.9 Å². The summed E-state index contributed by atoms with van der Waals surface area (Å²) in [5, 5.41) is 11.8. The van der Waals surface area contributed by atoms with E-state index in [9.17, 15) is 8.42 Å². The lowest BCUT2D eigenvalue weighted by Gasteiger charge is -2.01. The lowest BCUT2D eigenvalue weighted by Crippen LogP contribution is -2.22. The van der Waals surface area contributed by atoms with Gasteiger partial charge in [0, 0.05) is 6.07 Å². The van der Waals surface area contributed by atoms with Gasteiger partial charge in [-0.15, -0.1) is 15.3 Å². The molecule has 0 aliphatic rings. The molecule has 0 atom stereocenters. The van der Waals surface area contributed by atoms with Gasteiger partial charge in [0.15, 0.2) is 11.5 Å². The van der Waals surface area contributed by atoms with Crippen molar-refractivity contribution in [2.45, 2.75) is 6.54 Å². The number of sulfonamides is 1. The zero-order valence-electron chi connectivity index (χ0n) is 9.28. The summed E-state index contributed by atoms with van der Waals surface area (Å²) in [6, 6.07) is 3.33. The van der Waals surface area contributed by atoms with Crippen molar-refractivity contribution in [1.82, 2.24) is 24.5 Å². The largest absolute Gasteiger partial charge is 0.480 e. The van der Waals surface area contributed by atoms with E-state index >= 15 is 0 Å². The van der Waals surface area contributed by atoms with Gasteiger partial charge < -0.3 is 4.74 Å². The first kappa shape index (κ1) is 11.7. The number of hydrogen-bond donors (Lipinski definition) is 1. The van der Waals surface area contributed by atoms with Crippen molar-refractivity contribution in [3.63, 3.8) is 0 Å². The highest BCUT2D eigenvalue weighted by atomic mass is 32.2. The van der Waals surface area contributed by atoms with Gasteiger partial charge in [-0.05, 0) is 6.07 Å². The van der Waals surface area contributed by atoms with Crippen LogP contribution in [0.15, 0.2) is 12.1 Å². The lowest BCUT2D eigenvalue weighted by molar-refractivity contribution is 0.389. The van der Waals surface area contributed by atoms with Crippen LogP contribution in [0, 0.1) is 0 Å². The fraction of sp³-hybridized carbons (Fsp3) is 0.375. The van der Waals surface area contributed by atoms with E-state index in [0.717, 1.165) is 6.26 Å². The molecule has 2 aromatic rings. The van der Waals surface area contributed by atoms with Crippen molar-refractivity contribution in [3.05, 3.63) is 18.0 Å². The standard InChI is InChI=1S/C8H11N5O3S/c1-16-8-4-3-6-10-11-7(13(6)12-8)5-9-17(2,14)15/h3-4,9H,5H2,1-2H3. The van der Waals surface area contributed by atoms with Crippen molar-refractivity contribution in [1.29, 1.82) is 0 Å². The summed E-state index contributed by atoms with van der Waals surface area (Å²) in [5.74, 6) is 0.794. The van der Waals surface area contributed by atoms with E-state index in [1.807, 2.05) is 0 Å². The Morgan fingerprint density at radius 3 is 2.82 bits per heavy atom. The number of ether oxygens (including phenoxy) is 1. The van der Waals surface area contributed by atoms with Crippen LogP contribution in [0.5, 0.6) is 5.88 Å². The van der Waals surface area contributed by atoms with Crippen LogP contribution in [-0.4, -0.2) is 41.6 Å². The molecule has 0 saturated heterocycles. The molecule has 8 nitrogen and oxygen atoms in total. The average molecular weight is 257 g/mol. The fourth-order valence-electron chi connectivity index (χ4n) is 1.23. The SMILES string of the molecule is COc1ccc2nnc(CNS(C)(=O)=O)n2n1. The molecule has 9 heteroatoms. The highest BCUT2D eigenvalue weighted by molar-refractivity contribution is 7.88. The van der Waals surface area contributed by atoms with E-state index in [1.54, 1.807) is 12.1 Å². The summed E-state index contributed by atoms with van der Waals surface area (Å²) >= 11 is 0. The highest BCUT2D eigenvalue weighted by Gasteiger charge is 2.09. The van der Waals surface area contributed by atoms with Gasteiger partial charge in [-0.1, -0.05) is 0 Å². The quantitative estimate of drug-likeness (QED) is 0.768. The van der Waals surface area contributed by atoms with Gasteiger partial charge in [0.25, 0.3) is 0 Å². The molecular weight excluding hydrogens is 246 g/mol. The summed E-state index contributed by atoms with van der Waals surface area (Å²) in [6.45, 7) is 0.0279. The van der Waals surface area contributed by atoms with Crippen LogP contribution in [0.4, 0.5) is 0 Å². The van der Waals surface area contributed by atoms with Crippen molar-refractivity contribution in [2.24, 2.45) is 0 Å². The predicted octanol–water partition coefficient (Wildman–Crippen LogP) is -0.818. The number of nitrogens with zero attached hydrogens (tertiary/aromatic N) is 4. The number of rotatable bonds is 4. The molecule has 0 aromatic carbocycles. The molecular formula is C8H11N5O3S. The Hall–Kier alpha value is -1.74. The van der Waals surface area contributed by atoms with E-state index in [4.69, 9.17) is 4.74 Å². The monoisotopic (exact) mass is 257 g/mol. The third-order valence-corrected chi connectivity index (χ3v) is 2.67. The lowest BCUT2D eigenvalue weighted by atomic mass is 10.5. The molecule has 0 unspecified atom stereocenters. The molecule has 0 radical (unpaired) electrons. The van der Waals surface area contributed by atoms with Crippen LogP contribution in [0.2, 0.25) is 0 Å². The number of nitrogens with one attached hydrogen (secondary N) is 1. The fourth-order valence-corrected chi connectivity index (χ4v) is 1.62. The summed E-state index contributed by atoms with van der Waals surface area (Å²) in [4.78, 5) is 0. The Balaban J connectivity index is 2.34. The van der Waals surface area contributed by atoms with Crippen molar-refractivity contribution >= 4 is 15.7 Å². The smallest absolute Gasteiger partial charge is 0.231 e. The van der Waals surface area contributed by atoms with Crippen LogP contribution in [-0.2, 0) is 16.6 Å². The normalized spacial score (nSPS) is 11.9. The van der Waals surface area contributed by atoms with E-state index in [0.29, 0.717) is 17.4 Å². The second kappa shape index (κ2) is 4.26. The van der Waals surface area contributed by atoms with E-state index in [1.165, 1.54) is 11.6 Å². The molecule has 0 aliphatic heterocycles. The third kappa shape index (κ3) is 2.68. The first-order chi connectivity index (χ1) is 7.99. The molecule has 0 bridgehead atoms. The first-order valence-corrected chi connectivity index (χ1v) is 6.59. The molecule has 2 heterocycles. The second-order valence-corrected chi connectivity index (χ2v) is 5.19. The zero-order chi connectivity index (χ0) is 12.5. The molecule has 2 aromatic heterocycles. The Morgan fingerprint density at radius 1 is 1.41 bits per heavy atom. The van der Waals surface area contributed by atoms with Gasteiger partial charge >= 0.3 is 0 Å². The van der Waals surface area contributed by atoms with Crippen LogP contribution in [0.1, 0.15) is 5.82 Å². The van der Waals surface area contributed by atoms with Gasteiger partial charge in [-0.2, -0.15) is 4.52 Å². The molecule has 0 amide bonds. The molecule has 2 rings (SSSR count). The maximum absolute atomic E-state index is 11.0. The van der Waals surface area contributed by atoms with Crippen LogP contribution >= 0.6 is 0 Å². The Bertz CT molecular complexity index is 636. The van der Waals surface area contributed by atoms with Crippen LogP contribution in [0.25, 0.3) is 5.65 Å². The molecule has 0 saturated carbocycles. The van der Waals surface area contributed by atoms with Crippen molar-refractivity contribution in [3.8, 4) is 5.88 Å². The Labute approximate surface area is 97.7 Å². The molecule has 92 valence electrons. The molecule has 0 spiro atoms. The minimum absolute atomic E-state index is 0.0279. The number of aromatic nitrogens is 4. The number of hydrogen-bond acceptors (Lipinski definition) is 6. The Kier molecular flexibility index (Phi) is 2.94. The molecule has 0 aliphatic carbocycles. The van der Waals surface area contributed by atoms with Gasteiger partial charge in [-0.3, -0.25) is 0 Å². The summed E-state index contributed by atoms with van der Waals surface area (Å²) < 4.78 is 30.7. The van der Waals surface area contributed by atoms with E-state index < -0.39 is 10.0 Å². The van der Waals surface area contributed by atoms with Crippen LogP contribution < -0.4 is 9.46 Å². The van der Waals surface area contributed by atoms with Gasteiger partial charge in [0.2, 0.25) is 15.9 Å². The summed E-state index contributed by atoms with van der Waals surface area (Å²) in [7, 11) is -1.78. The summed E-state index contributed by atoms with van der Waals surface area (Å²) in [6.07, 6.45) is 1.07. The first-order valence-electron chi connectivity index (χ1n) is 4.69. The maximum Gasteiger partial charge on any atom is 0.231 e. The second-order valence-electron chi connectivity index (χ2n) is 3.36. The highest BCUT2D eigenvalue weighted by Crippen LogP contribution is 2.08. The van der Waals surface area contributed by atoms with Gasteiger partial charge in [-0.25, -0.2) is 13.1 Å². The van der Waals surface area contributed by atoms with E-state index in [-0.39, 0.29) is 6.54 Å². The molecule has 0 fully saturated rings. The summed E-state index contributed by atoms with van der Waals surface area (Å²) in [5.41, 5.74) is 0.524.